The van der Waals surface area contributed by atoms with E-state index < -0.39 is 22.0 Å². The van der Waals surface area contributed by atoms with E-state index >= 15 is 0 Å². The van der Waals surface area contributed by atoms with Gasteiger partial charge < -0.3 is 10.6 Å². The second-order valence-corrected chi connectivity index (χ2v) is 8.16. The number of carbonyl (C=O) groups is 1. The second kappa shape index (κ2) is 8.03. The SMILES string of the molecule is N/C(=N\OC(=O)[C@@H]1CCCN1S(=O)(=O)c1ccc(Cl)cc1)c1ccccn1. The van der Waals surface area contributed by atoms with Crippen molar-refractivity contribution in [3.8, 4) is 0 Å². The van der Waals surface area contributed by atoms with Gasteiger partial charge in [-0.1, -0.05) is 22.8 Å². The number of nitrogens with zero attached hydrogens (tertiary/aromatic N) is 3. The molecule has 1 aromatic heterocycles. The van der Waals surface area contributed by atoms with Crippen molar-refractivity contribution in [3.63, 3.8) is 0 Å². The summed E-state index contributed by atoms with van der Waals surface area (Å²) in [4.78, 5) is 21.3. The van der Waals surface area contributed by atoms with Crippen LogP contribution in [0.25, 0.3) is 0 Å². The van der Waals surface area contributed by atoms with Crippen LogP contribution in [0.2, 0.25) is 5.02 Å². The average Bonchev–Trinajstić information content (AvgIpc) is 3.18. The average molecular weight is 409 g/mol. The number of oxime groups is 1. The molecule has 27 heavy (non-hydrogen) atoms. The molecular weight excluding hydrogens is 392 g/mol. The fourth-order valence-corrected chi connectivity index (χ4v) is 4.49. The molecule has 0 aliphatic carbocycles. The quantitative estimate of drug-likeness (QED) is 0.349. The second-order valence-electron chi connectivity index (χ2n) is 5.83. The Morgan fingerprint density at radius 3 is 2.67 bits per heavy atom. The van der Waals surface area contributed by atoms with E-state index in [4.69, 9.17) is 22.2 Å². The molecule has 1 aromatic carbocycles. The summed E-state index contributed by atoms with van der Waals surface area (Å²) in [5.41, 5.74) is 6.08. The molecule has 1 saturated heterocycles. The van der Waals surface area contributed by atoms with Crippen LogP contribution in [0, 0.1) is 0 Å². The van der Waals surface area contributed by atoms with Crippen LogP contribution in [0.15, 0.2) is 58.7 Å². The highest BCUT2D eigenvalue weighted by Gasteiger charge is 2.40. The van der Waals surface area contributed by atoms with E-state index in [1.165, 1.54) is 30.5 Å². The van der Waals surface area contributed by atoms with Crippen molar-refractivity contribution < 1.29 is 18.0 Å². The van der Waals surface area contributed by atoms with E-state index in [9.17, 15) is 13.2 Å². The van der Waals surface area contributed by atoms with Crippen LogP contribution >= 0.6 is 11.6 Å². The van der Waals surface area contributed by atoms with Crippen LogP contribution in [-0.4, -0.2) is 42.1 Å². The third-order valence-corrected chi connectivity index (χ3v) is 6.23. The van der Waals surface area contributed by atoms with E-state index in [1.807, 2.05) is 0 Å². The van der Waals surface area contributed by atoms with Crippen LogP contribution in [0.1, 0.15) is 18.5 Å². The maximum Gasteiger partial charge on any atom is 0.353 e. The first kappa shape index (κ1) is 19.3. The zero-order valence-electron chi connectivity index (χ0n) is 14.2. The molecule has 3 rings (SSSR count). The molecule has 1 aliphatic rings. The molecule has 0 spiro atoms. The van der Waals surface area contributed by atoms with Crippen molar-refractivity contribution in [2.45, 2.75) is 23.8 Å². The molecule has 0 amide bonds. The molecule has 8 nitrogen and oxygen atoms in total. The van der Waals surface area contributed by atoms with Crippen LogP contribution in [-0.2, 0) is 19.7 Å². The van der Waals surface area contributed by atoms with Crippen molar-refractivity contribution in [1.82, 2.24) is 9.29 Å². The summed E-state index contributed by atoms with van der Waals surface area (Å²) in [5, 5.41) is 4.01. The van der Waals surface area contributed by atoms with E-state index in [0.717, 1.165) is 4.31 Å². The molecule has 0 bridgehead atoms. The number of benzene rings is 1. The number of halogens is 1. The van der Waals surface area contributed by atoms with E-state index in [1.54, 1.807) is 18.2 Å². The van der Waals surface area contributed by atoms with Gasteiger partial charge in [0.05, 0.1) is 4.90 Å². The first-order valence-corrected chi connectivity index (χ1v) is 9.94. The minimum atomic E-state index is -3.86. The molecule has 0 unspecified atom stereocenters. The number of amidine groups is 1. The van der Waals surface area contributed by atoms with Gasteiger partial charge >= 0.3 is 5.97 Å². The zero-order valence-corrected chi connectivity index (χ0v) is 15.7. The highest BCUT2D eigenvalue weighted by atomic mass is 35.5. The lowest BCUT2D eigenvalue weighted by Crippen LogP contribution is -2.41. The molecule has 0 saturated carbocycles. The summed E-state index contributed by atoms with van der Waals surface area (Å²) in [7, 11) is -3.86. The van der Waals surface area contributed by atoms with Gasteiger partial charge in [0.25, 0.3) is 0 Å². The molecule has 1 atom stereocenters. The Labute approximate surface area is 161 Å². The highest BCUT2D eigenvalue weighted by molar-refractivity contribution is 7.89. The predicted octanol–water partition coefficient (Wildman–Crippen LogP) is 1.75. The lowest BCUT2D eigenvalue weighted by Gasteiger charge is -2.21. The first-order chi connectivity index (χ1) is 12.9. The molecule has 0 radical (unpaired) electrons. The lowest BCUT2D eigenvalue weighted by molar-refractivity contribution is -0.147. The van der Waals surface area contributed by atoms with Gasteiger partial charge in [-0.3, -0.25) is 4.98 Å². The minimum Gasteiger partial charge on any atom is -0.379 e. The monoisotopic (exact) mass is 408 g/mol. The molecule has 1 aliphatic heterocycles. The van der Waals surface area contributed by atoms with Gasteiger partial charge in [0.1, 0.15) is 11.7 Å². The van der Waals surface area contributed by atoms with Crippen LogP contribution < -0.4 is 5.73 Å². The topological polar surface area (TPSA) is 115 Å². The van der Waals surface area contributed by atoms with Crippen LogP contribution in [0.3, 0.4) is 0 Å². The normalized spacial score (nSPS) is 18.4. The number of hydrogen-bond donors (Lipinski definition) is 1. The summed E-state index contributed by atoms with van der Waals surface area (Å²) in [6.45, 7) is 0.212. The van der Waals surface area contributed by atoms with Gasteiger partial charge in [-0.25, -0.2) is 13.2 Å². The Morgan fingerprint density at radius 2 is 2.00 bits per heavy atom. The number of sulfonamides is 1. The Morgan fingerprint density at radius 1 is 1.26 bits per heavy atom. The van der Waals surface area contributed by atoms with Gasteiger partial charge in [-0.05, 0) is 49.2 Å². The Bertz CT molecular complexity index is 949. The van der Waals surface area contributed by atoms with E-state index in [2.05, 4.69) is 10.1 Å². The van der Waals surface area contributed by atoms with Crippen LogP contribution in [0.4, 0.5) is 0 Å². The maximum absolute atomic E-state index is 12.8. The molecule has 2 N–H and O–H groups in total. The standard InChI is InChI=1S/C17H17ClN4O4S/c18-12-6-8-13(9-7-12)27(24,25)22-11-3-5-15(22)17(23)26-21-16(19)14-4-1-2-10-20-14/h1-2,4,6-10,15H,3,5,11H2,(H2,19,21)/t15-/m0/s1. The molecule has 2 aromatic rings. The van der Waals surface area contributed by atoms with Gasteiger partial charge in [-0.15, -0.1) is 0 Å². The Balaban J connectivity index is 1.75. The number of aromatic nitrogens is 1. The van der Waals surface area contributed by atoms with Crippen molar-refractivity contribution >= 4 is 33.4 Å². The number of carbonyl (C=O) groups excluding carboxylic acids is 1. The fourth-order valence-electron chi connectivity index (χ4n) is 2.72. The van der Waals surface area contributed by atoms with Crippen molar-refractivity contribution in [2.75, 3.05) is 6.54 Å². The first-order valence-electron chi connectivity index (χ1n) is 8.13. The Hall–Kier alpha value is -2.49. The molecule has 2 heterocycles. The largest absolute Gasteiger partial charge is 0.379 e. The Kier molecular flexibility index (Phi) is 5.73. The van der Waals surface area contributed by atoms with Crippen molar-refractivity contribution in [3.05, 3.63) is 59.4 Å². The summed E-state index contributed by atoms with van der Waals surface area (Å²) in [5.74, 6) is -0.863. The van der Waals surface area contributed by atoms with Gasteiger partial charge in [0.15, 0.2) is 5.84 Å². The highest BCUT2D eigenvalue weighted by Crippen LogP contribution is 2.27. The van der Waals surface area contributed by atoms with Gasteiger partial charge in [0, 0.05) is 17.8 Å². The van der Waals surface area contributed by atoms with Crippen molar-refractivity contribution in [2.24, 2.45) is 10.9 Å². The predicted molar refractivity (Wildman–Crippen MR) is 99.4 cm³/mol. The smallest absolute Gasteiger partial charge is 0.353 e. The summed E-state index contributed by atoms with van der Waals surface area (Å²) >= 11 is 5.81. The summed E-state index contributed by atoms with van der Waals surface area (Å²) in [6.07, 6.45) is 2.40. The summed E-state index contributed by atoms with van der Waals surface area (Å²) < 4.78 is 26.8. The third kappa shape index (κ3) is 4.26. The fraction of sp³-hybridized carbons (Fsp3) is 0.235. The van der Waals surface area contributed by atoms with Gasteiger partial charge in [0.2, 0.25) is 10.0 Å². The van der Waals surface area contributed by atoms with E-state index in [-0.39, 0.29) is 17.3 Å². The molecule has 142 valence electrons. The maximum atomic E-state index is 12.8. The summed E-state index contributed by atoms with van der Waals surface area (Å²) in [6, 6.07) is 9.83. The lowest BCUT2D eigenvalue weighted by atomic mass is 10.2. The molecular formula is C17H17ClN4O4S. The molecule has 1 fully saturated rings. The number of hydrogen-bond acceptors (Lipinski definition) is 6. The zero-order chi connectivity index (χ0) is 19.4. The number of nitrogens with two attached hydrogens (primary N) is 1. The van der Waals surface area contributed by atoms with Crippen LogP contribution in [0.5, 0.6) is 0 Å². The van der Waals surface area contributed by atoms with E-state index in [0.29, 0.717) is 23.6 Å². The number of rotatable bonds is 5. The molecule has 10 heteroatoms. The van der Waals surface area contributed by atoms with Crippen molar-refractivity contribution in [1.29, 1.82) is 0 Å². The third-order valence-electron chi connectivity index (χ3n) is 4.06. The number of pyridine rings is 1. The van der Waals surface area contributed by atoms with Gasteiger partial charge in [-0.2, -0.15) is 4.31 Å². The minimum absolute atomic E-state index is 0.0584.